The van der Waals surface area contributed by atoms with E-state index >= 15 is 0 Å². The van der Waals surface area contributed by atoms with Gasteiger partial charge in [0.2, 0.25) is 0 Å². The molecule has 0 saturated heterocycles. The molecule has 5 heteroatoms. The Morgan fingerprint density at radius 2 is 2.15 bits per heavy atom. The van der Waals surface area contributed by atoms with Crippen molar-refractivity contribution in [2.24, 2.45) is 0 Å². The monoisotopic (exact) mass is 186 g/mol. The van der Waals surface area contributed by atoms with Crippen LogP contribution >= 0.6 is 0 Å². The Morgan fingerprint density at radius 3 is 2.62 bits per heavy atom. The van der Waals surface area contributed by atoms with Crippen LogP contribution in [0, 0.1) is 5.82 Å². The van der Waals surface area contributed by atoms with E-state index in [0.717, 1.165) is 6.07 Å². The molecule has 0 fully saturated rings. The maximum absolute atomic E-state index is 13.1. The second kappa shape index (κ2) is 3.30. The number of phenols is 2. The molecule has 0 bridgehead atoms. The summed E-state index contributed by atoms with van der Waals surface area (Å²) in [5.74, 6) is -2.67. The first-order chi connectivity index (χ1) is 6.11. The van der Waals surface area contributed by atoms with E-state index < -0.39 is 22.9 Å². The van der Waals surface area contributed by atoms with Crippen molar-refractivity contribution in [1.82, 2.24) is 0 Å². The van der Waals surface area contributed by atoms with E-state index in [2.05, 4.69) is 4.74 Å². The fourth-order valence-electron chi connectivity index (χ4n) is 0.887. The molecule has 0 aliphatic rings. The molecule has 0 amide bonds. The average molecular weight is 186 g/mol. The first-order valence-electron chi connectivity index (χ1n) is 3.35. The zero-order valence-corrected chi connectivity index (χ0v) is 6.74. The quantitative estimate of drug-likeness (QED) is 0.535. The van der Waals surface area contributed by atoms with E-state index in [1.165, 1.54) is 7.11 Å². The summed E-state index contributed by atoms with van der Waals surface area (Å²) >= 11 is 0. The molecule has 1 aromatic rings. The van der Waals surface area contributed by atoms with Gasteiger partial charge in [0, 0.05) is 6.07 Å². The lowest BCUT2D eigenvalue weighted by Crippen LogP contribution is -1.94. The van der Waals surface area contributed by atoms with Crippen LogP contribution in [0.2, 0.25) is 0 Å². The van der Waals surface area contributed by atoms with Gasteiger partial charge in [-0.05, 0) is 0 Å². The van der Waals surface area contributed by atoms with E-state index in [1.807, 2.05) is 0 Å². The van der Waals surface area contributed by atoms with E-state index in [-0.39, 0.29) is 12.0 Å². The van der Waals surface area contributed by atoms with Gasteiger partial charge in [0.15, 0.2) is 29.4 Å². The molecule has 0 aromatic heterocycles. The summed E-state index contributed by atoms with van der Waals surface area (Å²) in [4.78, 5) is 10.3. The summed E-state index contributed by atoms with van der Waals surface area (Å²) < 4.78 is 17.6. The van der Waals surface area contributed by atoms with E-state index in [0.29, 0.717) is 0 Å². The summed E-state index contributed by atoms with van der Waals surface area (Å²) in [5, 5.41) is 18.0. The number of hydrogen-bond donors (Lipinski definition) is 2. The molecule has 0 aliphatic carbocycles. The molecule has 1 aromatic carbocycles. The van der Waals surface area contributed by atoms with Crippen molar-refractivity contribution in [3.05, 3.63) is 17.4 Å². The average Bonchev–Trinajstić information content (AvgIpc) is 2.12. The highest BCUT2D eigenvalue weighted by atomic mass is 19.1. The number of methoxy groups -OCH3 is 1. The topological polar surface area (TPSA) is 66.8 Å². The lowest BCUT2D eigenvalue weighted by Gasteiger charge is -2.06. The van der Waals surface area contributed by atoms with Crippen molar-refractivity contribution < 1.29 is 24.1 Å². The Labute approximate surface area is 73.2 Å². The number of benzene rings is 1. The number of aldehydes is 1. The third-order valence-corrected chi connectivity index (χ3v) is 1.56. The van der Waals surface area contributed by atoms with Crippen LogP contribution < -0.4 is 4.74 Å². The Hall–Kier alpha value is -1.78. The Kier molecular flexibility index (Phi) is 2.36. The van der Waals surface area contributed by atoms with Gasteiger partial charge in [0.1, 0.15) is 0 Å². The normalized spacial score (nSPS) is 9.69. The molecule has 2 N–H and O–H groups in total. The van der Waals surface area contributed by atoms with Crippen LogP contribution in [0.15, 0.2) is 6.07 Å². The predicted octanol–water partition coefficient (Wildman–Crippen LogP) is 1.06. The van der Waals surface area contributed by atoms with Crippen LogP contribution in [0.25, 0.3) is 0 Å². The lowest BCUT2D eigenvalue weighted by molar-refractivity contribution is 0.111. The van der Waals surface area contributed by atoms with E-state index in [4.69, 9.17) is 10.2 Å². The highest BCUT2D eigenvalue weighted by Gasteiger charge is 2.17. The fourth-order valence-corrected chi connectivity index (χ4v) is 0.887. The van der Waals surface area contributed by atoms with Crippen molar-refractivity contribution in [2.75, 3.05) is 7.11 Å². The zero-order valence-electron chi connectivity index (χ0n) is 6.74. The molecule has 0 spiro atoms. The summed E-state index contributed by atoms with van der Waals surface area (Å²) in [6.45, 7) is 0. The van der Waals surface area contributed by atoms with Crippen LogP contribution in [0.3, 0.4) is 0 Å². The Bertz CT molecular complexity index is 348. The standard InChI is InChI=1S/C8H7FO4/c1-13-6-2-5(11)8(12)4(3-10)7(6)9/h2-3,11-12H,1H3. The Balaban J connectivity index is 3.47. The summed E-state index contributed by atoms with van der Waals surface area (Å²) in [6, 6.07) is 0.887. The molecule has 0 unspecified atom stereocenters. The van der Waals surface area contributed by atoms with Crippen molar-refractivity contribution in [2.45, 2.75) is 0 Å². The Morgan fingerprint density at radius 1 is 1.54 bits per heavy atom. The van der Waals surface area contributed by atoms with Gasteiger partial charge in [-0.3, -0.25) is 4.79 Å². The number of hydrogen-bond acceptors (Lipinski definition) is 4. The van der Waals surface area contributed by atoms with E-state index in [9.17, 15) is 9.18 Å². The van der Waals surface area contributed by atoms with Gasteiger partial charge in [0.25, 0.3) is 0 Å². The van der Waals surface area contributed by atoms with Crippen molar-refractivity contribution in [3.63, 3.8) is 0 Å². The number of ether oxygens (including phenoxy) is 1. The van der Waals surface area contributed by atoms with Crippen molar-refractivity contribution >= 4 is 6.29 Å². The zero-order chi connectivity index (χ0) is 10.0. The van der Waals surface area contributed by atoms with Gasteiger partial charge in [0.05, 0.1) is 12.7 Å². The van der Waals surface area contributed by atoms with Gasteiger partial charge < -0.3 is 14.9 Å². The van der Waals surface area contributed by atoms with Crippen LogP contribution in [0.1, 0.15) is 10.4 Å². The van der Waals surface area contributed by atoms with Gasteiger partial charge >= 0.3 is 0 Å². The van der Waals surface area contributed by atoms with Gasteiger partial charge in [-0.15, -0.1) is 0 Å². The summed E-state index contributed by atoms with van der Waals surface area (Å²) in [5.41, 5.74) is -0.614. The summed E-state index contributed by atoms with van der Waals surface area (Å²) in [6.07, 6.45) is 0.104. The first-order valence-corrected chi connectivity index (χ1v) is 3.35. The van der Waals surface area contributed by atoms with Crippen LogP contribution in [-0.4, -0.2) is 23.6 Å². The van der Waals surface area contributed by atoms with Gasteiger partial charge in [-0.2, -0.15) is 0 Å². The number of aromatic hydroxyl groups is 2. The van der Waals surface area contributed by atoms with Crippen molar-refractivity contribution in [3.8, 4) is 17.2 Å². The smallest absolute Gasteiger partial charge is 0.179 e. The molecule has 0 atom stereocenters. The fraction of sp³-hybridized carbons (Fsp3) is 0.125. The molecule has 0 saturated carbocycles. The summed E-state index contributed by atoms with van der Waals surface area (Å²) in [7, 11) is 1.18. The molecular formula is C8H7FO4. The third-order valence-electron chi connectivity index (χ3n) is 1.56. The number of halogens is 1. The third kappa shape index (κ3) is 1.40. The molecule has 0 radical (unpaired) electrons. The van der Waals surface area contributed by atoms with Crippen LogP contribution in [-0.2, 0) is 0 Å². The maximum Gasteiger partial charge on any atom is 0.179 e. The van der Waals surface area contributed by atoms with Crippen molar-refractivity contribution in [1.29, 1.82) is 0 Å². The molecule has 0 heterocycles. The predicted molar refractivity (Wildman–Crippen MR) is 41.7 cm³/mol. The molecule has 1 rings (SSSR count). The molecule has 0 aliphatic heterocycles. The minimum atomic E-state index is -0.993. The number of carbonyl (C=O) groups is 1. The highest BCUT2D eigenvalue weighted by Crippen LogP contribution is 2.35. The van der Waals surface area contributed by atoms with Gasteiger partial charge in [-0.1, -0.05) is 0 Å². The van der Waals surface area contributed by atoms with Gasteiger partial charge in [-0.25, -0.2) is 4.39 Å². The highest BCUT2D eigenvalue weighted by molar-refractivity contribution is 5.82. The number of phenolic OH excluding ortho intramolecular Hbond substituents is 2. The minimum Gasteiger partial charge on any atom is -0.504 e. The van der Waals surface area contributed by atoms with E-state index in [1.54, 1.807) is 0 Å². The molecule has 13 heavy (non-hydrogen) atoms. The van der Waals surface area contributed by atoms with Crippen LogP contribution in [0.4, 0.5) is 4.39 Å². The van der Waals surface area contributed by atoms with Crippen LogP contribution in [0.5, 0.6) is 17.2 Å². The maximum atomic E-state index is 13.1. The SMILES string of the molecule is COc1cc(O)c(O)c(C=O)c1F. The number of rotatable bonds is 2. The second-order valence-corrected chi connectivity index (χ2v) is 2.29. The first kappa shape index (κ1) is 9.31. The second-order valence-electron chi connectivity index (χ2n) is 2.29. The minimum absolute atomic E-state index is 0.104. The lowest BCUT2D eigenvalue weighted by atomic mass is 10.2. The largest absolute Gasteiger partial charge is 0.504 e. The molecule has 70 valence electrons. The molecule has 4 nitrogen and oxygen atoms in total. The molecular weight excluding hydrogens is 179 g/mol. The number of carbonyl (C=O) groups excluding carboxylic acids is 1.